The van der Waals surface area contributed by atoms with Gasteiger partial charge in [0.2, 0.25) is 5.91 Å². The van der Waals surface area contributed by atoms with Crippen LogP contribution in [0.3, 0.4) is 0 Å². The molecule has 0 unspecified atom stereocenters. The van der Waals surface area contributed by atoms with Gasteiger partial charge in [-0.25, -0.2) is 0 Å². The minimum absolute atomic E-state index is 0.157. The minimum atomic E-state index is -1.22. The largest absolute Gasteiger partial charge is 0.481 e. The van der Waals surface area contributed by atoms with E-state index in [9.17, 15) is 24.6 Å². The Morgan fingerprint density at radius 1 is 1.34 bits per heavy atom. The third-order valence-corrected chi connectivity index (χ3v) is 7.84. The number of benzene rings is 1. The summed E-state index contributed by atoms with van der Waals surface area (Å²) in [6, 6.07) is 4.21. The van der Waals surface area contributed by atoms with Gasteiger partial charge in [0.05, 0.1) is 30.6 Å². The summed E-state index contributed by atoms with van der Waals surface area (Å²) in [7, 11) is 0. The number of aryl methyl sites for hydroxylation is 2. The molecule has 3 heterocycles. The molecule has 2 N–H and O–H groups in total. The summed E-state index contributed by atoms with van der Waals surface area (Å²) in [6.45, 7) is 11.6. The number of carboxylic acid groups (broad SMARTS) is 1. The normalized spacial score (nSPS) is 30.0. The van der Waals surface area contributed by atoms with E-state index in [1.165, 1.54) is 4.90 Å². The predicted octanol–water partition coefficient (Wildman–Crippen LogP) is 2.69. The zero-order valence-corrected chi connectivity index (χ0v) is 20.9. The Labute approximate surface area is 206 Å². The minimum Gasteiger partial charge on any atom is -0.481 e. The number of rotatable bonds is 9. The number of carbonyl (C=O) groups is 3. The number of amides is 2. The monoisotopic (exact) mass is 484 g/mol. The van der Waals surface area contributed by atoms with Gasteiger partial charge in [0.25, 0.3) is 5.91 Å². The highest BCUT2D eigenvalue weighted by Crippen LogP contribution is 2.59. The molecule has 2 amide bonds. The second kappa shape index (κ2) is 9.39. The summed E-state index contributed by atoms with van der Waals surface area (Å²) >= 11 is 0. The van der Waals surface area contributed by atoms with Crippen LogP contribution in [-0.4, -0.2) is 69.8 Å². The molecule has 0 radical (unpaired) electrons. The fourth-order valence-corrected chi connectivity index (χ4v) is 6.46. The molecule has 0 aliphatic carbocycles. The number of hydrogen-bond acceptors (Lipinski definition) is 5. The highest BCUT2D eigenvalue weighted by Gasteiger charge is 2.75. The fourth-order valence-electron chi connectivity index (χ4n) is 6.46. The number of aliphatic hydroxyl groups excluding tert-OH is 1. The van der Waals surface area contributed by atoms with Crippen molar-refractivity contribution in [3.05, 3.63) is 42.0 Å². The van der Waals surface area contributed by atoms with Gasteiger partial charge in [-0.2, -0.15) is 0 Å². The van der Waals surface area contributed by atoms with E-state index in [0.717, 1.165) is 11.1 Å². The number of fused-ring (bicyclic) bond motifs is 1. The van der Waals surface area contributed by atoms with Crippen molar-refractivity contribution < 1.29 is 29.3 Å². The van der Waals surface area contributed by atoms with Crippen LogP contribution in [-0.2, 0) is 19.1 Å². The molecule has 8 heteroatoms. The van der Waals surface area contributed by atoms with Gasteiger partial charge < -0.3 is 24.7 Å². The first-order chi connectivity index (χ1) is 16.6. The first kappa shape index (κ1) is 25.4. The first-order valence-electron chi connectivity index (χ1n) is 12.4. The van der Waals surface area contributed by atoms with Crippen molar-refractivity contribution in [2.45, 2.75) is 70.7 Å². The average molecular weight is 485 g/mol. The molecule has 0 saturated carbocycles. The lowest BCUT2D eigenvalue weighted by molar-refractivity contribution is -0.151. The maximum absolute atomic E-state index is 14.4. The second-order valence-electron chi connectivity index (χ2n) is 10.6. The van der Waals surface area contributed by atoms with E-state index in [1.54, 1.807) is 11.0 Å². The predicted molar refractivity (Wildman–Crippen MR) is 131 cm³/mol. The SMILES string of the molecule is C=CCN(C(=O)[C@@H]1N([C@@H](CO)CC(C)C)C(=O)[C@H]2[C@H](C(=O)O)[C@@H]3CC[C@]12O3)c1cc(C)ccc1C. The van der Waals surface area contributed by atoms with Crippen molar-refractivity contribution in [1.29, 1.82) is 0 Å². The zero-order valence-electron chi connectivity index (χ0n) is 20.9. The summed E-state index contributed by atoms with van der Waals surface area (Å²) in [5.74, 6) is -3.60. The van der Waals surface area contributed by atoms with E-state index in [1.807, 2.05) is 45.9 Å². The zero-order chi connectivity index (χ0) is 25.7. The molecule has 6 atom stereocenters. The molecular weight excluding hydrogens is 448 g/mol. The van der Waals surface area contributed by atoms with Gasteiger partial charge in [0.15, 0.2) is 0 Å². The van der Waals surface area contributed by atoms with E-state index in [0.29, 0.717) is 24.9 Å². The van der Waals surface area contributed by atoms with Crippen LogP contribution in [0.2, 0.25) is 0 Å². The average Bonchev–Trinajstić information content (AvgIpc) is 3.44. The van der Waals surface area contributed by atoms with E-state index < -0.39 is 47.5 Å². The first-order valence-corrected chi connectivity index (χ1v) is 12.4. The van der Waals surface area contributed by atoms with Gasteiger partial charge in [0.1, 0.15) is 11.6 Å². The number of nitrogens with zero attached hydrogens (tertiary/aromatic N) is 2. The number of aliphatic hydroxyl groups is 1. The van der Waals surface area contributed by atoms with Crippen molar-refractivity contribution in [2.75, 3.05) is 18.1 Å². The van der Waals surface area contributed by atoms with Crippen LogP contribution < -0.4 is 4.90 Å². The molecule has 8 nitrogen and oxygen atoms in total. The van der Waals surface area contributed by atoms with Gasteiger partial charge >= 0.3 is 5.97 Å². The Hall–Kier alpha value is -2.71. The number of hydrogen-bond donors (Lipinski definition) is 2. The van der Waals surface area contributed by atoms with E-state index in [-0.39, 0.29) is 25.0 Å². The fraction of sp³-hybridized carbons (Fsp3) is 0.593. The molecule has 3 fully saturated rings. The van der Waals surface area contributed by atoms with Crippen LogP contribution in [0.25, 0.3) is 0 Å². The number of carbonyl (C=O) groups excluding carboxylic acids is 2. The molecule has 1 aromatic rings. The van der Waals surface area contributed by atoms with Crippen LogP contribution in [0, 0.1) is 31.6 Å². The van der Waals surface area contributed by atoms with Crippen LogP contribution in [0.15, 0.2) is 30.9 Å². The molecule has 3 aliphatic heterocycles. The second-order valence-corrected chi connectivity index (χ2v) is 10.6. The smallest absolute Gasteiger partial charge is 0.310 e. The topological polar surface area (TPSA) is 107 Å². The molecule has 190 valence electrons. The number of aliphatic carboxylic acids is 1. The number of ether oxygens (including phenoxy) is 1. The summed E-state index contributed by atoms with van der Waals surface area (Å²) in [6.07, 6.45) is 2.45. The third kappa shape index (κ3) is 3.96. The molecule has 35 heavy (non-hydrogen) atoms. The maximum atomic E-state index is 14.4. The van der Waals surface area contributed by atoms with Gasteiger partial charge in [-0.15, -0.1) is 6.58 Å². The van der Waals surface area contributed by atoms with Crippen LogP contribution in [0.5, 0.6) is 0 Å². The van der Waals surface area contributed by atoms with E-state index in [2.05, 4.69) is 6.58 Å². The standard InChI is InChI=1S/C27H36N2O6/c1-6-11-28(19-13-16(4)7-8-17(19)5)25(32)23-27-10-9-20(35-27)21(26(33)34)22(27)24(31)29(23)18(14-30)12-15(2)3/h6-8,13,15,18,20-23,30H,1,9-12,14H2,2-5H3,(H,33,34)/t18-,20+,21-,22-,23+,27-/m1/s1. The molecular formula is C27H36N2O6. The van der Waals surface area contributed by atoms with E-state index >= 15 is 0 Å². The van der Waals surface area contributed by atoms with Crippen molar-refractivity contribution in [1.82, 2.24) is 4.90 Å². The van der Waals surface area contributed by atoms with Gasteiger partial charge in [-0.05, 0) is 56.2 Å². The Morgan fingerprint density at radius 3 is 2.66 bits per heavy atom. The summed E-state index contributed by atoms with van der Waals surface area (Å²) in [5.41, 5.74) is 1.38. The molecule has 2 bridgehead atoms. The highest BCUT2D eigenvalue weighted by molar-refractivity contribution is 6.05. The Bertz CT molecular complexity index is 1040. The molecule has 3 aliphatic rings. The molecule has 1 aromatic carbocycles. The van der Waals surface area contributed by atoms with Gasteiger partial charge in [0, 0.05) is 12.2 Å². The van der Waals surface area contributed by atoms with Gasteiger partial charge in [-0.3, -0.25) is 14.4 Å². The third-order valence-electron chi connectivity index (χ3n) is 7.84. The lowest BCUT2D eigenvalue weighted by Crippen LogP contribution is -2.59. The lowest BCUT2D eigenvalue weighted by Gasteiger charge is -2.40. The van der Waals surface area contributed by atoms with Crippen LogP contribution in [0.1, 0.15) is 44.2 Å². The van der Waals surface area contributed by atoms with Crippen molar-refractivity contribution in [3.63, 3.8) is 0 Å². The van der Waals surface area contributed by atoms with Crippen molar-refractivity contribution in [3.8, 4) is 0 Å². The van der Waals surface area contributed by atoms with Crippen molar-refractivity contribution in [2.24, 2.45) is 17.8 Å². The number of carboxylic acids is 1. The summed E-state index contributed by atoms with van der Waals surface area (Å²) in [4.78, 5) is 43.6. The van der Waals surface area contributed by atoms with Crippen LogP contribution in [0.4, 0.5) is 5.69 Å². The highest BCUT2D eigenvalue weighted by atomic mass is 16.5. The van der Waals surface area contributed by atoms with Crippen molar-refractivity contribution >= 4 is 23.5 Å². The maximum Gasteiger partial charge on any atom is 0.310 e. The molecule has 3 saturated heterocycles. The molecule has 4 rings (SSSR count). The molecule has 1 spiro atoms. The number of anilines is 1. The Morgan fingerprint density at radius 2 is 2.06 bits per heavy atom. The number of likely N-dealkylation sites (tertiary alicyclic amines) is 1. The quantitative estimate of drug-likeness (QED) is 0.522. The Kier molecular flexibility index (Phi) is 6.81. The molecule has 0 aromatic heterocycles. The lowest BCUT2D eigenvalue weighted by atomic mass is 9.70. The summed E-state index contributed by atoms with van der Waals surface area (Å²) in [5, 5.41) is 20.3. The van der Waals surface area contributed by atoms with Crippen LogP contribution >= 0.6 is 0 Å². The van der Waals surface area contributed by atoms with E-state index in [4.69, 9.17) is 4.74 Å². The van der Waals surface area contributed by atoms with Gasteiger partial charge in [-0.1, -0.05) is 32.1 Å². The Balaban J connectivity index is 1.85. The summed E-state index contributed by atoms with van der Waals surface area (Å²) < 4.78 is 6.31.